The topological polar surface area (TPSA) is 47.2 Å². The van der Waals surface area contributed by atoms with Crippen LogP contribution in [0.4, 0.5) is 0 Å². The zero-order chi connectivity index (χ0) is 14.3. The molecule has 0 radical (unpaired) electrons. The maximum Gasteiger partial charge on any atom is 0.234 e. The van der Waals surface area contributed by atoms with Crippen molar-refractivity contribution >= 4 is 6.08 Å². The monoisotopic (exact) mass is 259 g/mol. The fourth-order valence-corrected chi connectivity index (χ4v) is 1.24. The Labute approximate surface area is 114 Å². The van der Waals surface area contributed by atoms with Gasteiger partial charge in [-0.2, -0.15) is 0 Å². The van der Waals surface area contributed by atoms with E-state index >= 15 is 0 Å². The molecule has 19 heavy (non-hydrogen) atoms. The molecule has 0 bridgehead atoms. The van der Waals surface area contributed by atoms with Gasteiger partial charge in [0.1, 0.15) is 0 Å². The molecule has 1 heterocycles. The predicted octanol–water partition coefficient (Wildman–Crippen LogP) is 3.30. The molecule has 0 fully saturated rings. The van der Waals surface area contributed by atoms with Crippen molar-refractivity contribution in [3.05, 3.63) is 54.6 Å². The molecule has 2 rings (SSSR count). The molecule has 0 unspecified atom stereocenters. The standard InChI is InChI=1S/C10H10N2.C3H5NO.C2H6/c1-2-4-10(5-3-1)8-12-7-6-11-9-12;1-2-4-3-5;1-2/h1-7,9H,8H2;2H2,1H3;1-2H3. The van der Waals surface area contributed by atoms with E-state index in [0.29, 0.717) is 6.54 Å². The lowest BCUT2D eigenvalue weighted by molar-refractivity contribution is 0.563. The summed E-state index contributed by atoms with van der Waals surface area (Å²) in [6.45, 7) is 7.23. The fourth-order valence-electron chi connectivity index (χ4n) is 1.24. The largest absolute Gasteiger partial charge is 0.333 e. The van der Waals surface area contributed by atoms with Gasteiger partial charge in [0.05, 0.1) is 6.33 Å². The number of nitrogens with zero attached hydrogens (tertiary/aromatic N) is 3. The first-order chi connectivity index (χ1) is 9.36. The van der Waals surface area contributed by atoms with Crippen LogP contribution in [0.5, 0.6) is 0 Å². The molecule has 4 heteroatoms. The van der Waals surface area contributed by atoms with Crippen molar-refractivity contribution in [2.75, 3.05) is 6.54 Å². The average molecular weight is 259 g/mol. The Morgan fingerprint density at radius 3 is 2.37 bits per heavy atom. The Morgan fingerprint density at radius 2 is 1.95 bits per heavy atom. The number of aliphatic imine (C=N–C) groups is 1. The molecule has 0 atom stereocenters. The van der Waals surface area contributed by atoms with Crippen molar-refractivity contribution in [3.8, 4) is 0 Å². The third-order valence-corrected chi connectivity index (χ3v) is 1.99. The van der Waals surface area contributed by atoms with Crippen LogP contribution in [-0.4, -0.2) is 22.2 Å². The number of hydrogen-bond donors (Lipinski definition) is 0. The molecule has 0 amide bonds. The van der Waals surface area contributed by atoms with Crippen molar-refractivity contribution in [2.24, 2.45) is 4.99 Å². The third-order valence-electron chi connectivity index (χ3n) is 1.99. The van der Waals surface area contributed by atoms with Crippen LogP contribution < -0.4 is 0 Å². The van der Waals surface area contributed by atoms with E-state index in [0.717, 1.165) is 6.54 Å². The van der Waals surface area contributed by atoms with Crippen molar-refractivity contribution in [3.63, 3.8) is 0 Å². The lowest BCUT2D eigenvalue weighted by Crippen LogP contribution is -1.95. The van der Waals surface area contributed by atoms with Gasteiger partial charge in [0, 0.05) is 25.5 Å². The van der Waals surface area contributed by atoms with Crippen LogP contribution in [0.2, 0.25) is 0 Å². The first-order valence-electron chi connectivity index (χ1n) is 6.40. The summed E-state index contributed by atoms with van der Waals surface area (Å²) < 4.78 is 2.05. The fraction of sp³-hybridized carbons (Fsp3) is 0.333. The minimum Gasteiger partial charge on any atom is -0.333 e. The van der Waals surface area contributed by atoms with Gasteiger partial charge in [0.2, 0.25) is 6.08 Å². The smallest absolute Gasteiger partial charge is 0.234 e. The average Bonchev–Trinajstić information content (AvgIpc) is 2.97. The lowest BCUT2D eigenvalue weighted by atomic mass is 10.2. The first kappa shape index (κ1) is 16.8. The Hall–Kier alpha value is -2.19. The van der Waals surface area contributed by atoms with E-state index in [9.17, 15) is 0 Å². The molecule has 0 aliphatic heterocycles. The first-order valence-corrected chi connectivity index (χ1v) is 6.40. The van der Waals surface area contributed by atoms with E-state index in [2.05, 4.69) is 26.7 Å². The van der Waals surface area contributed by atoms with Gasteiger partial charge in [-0.1, -0.05) is 44.2 Å². The van der Waals surface area contributed by atoms with Gasteiger partial charge in [-0.05, 0) is 12.5 Å². The molecule has 4 nitrogen and oxygen atoms in total. The molecular weight excluding hydrogens is 238 g/mol. The number of isocyanates is 1. The van der Waals surface area contributed by atoms with E-state index in [1.54, 1.807) is 13.1 Å². The van der Waals surface area contributed by atoms with E-state index in [4.69, 9.17) is 4.79 Å². The molecule has 0 spiro atoms. The van der Waals surface area contributed by atoms with Gasteiger partial charge in [-0.3, -0.25) is 0 Å². The highest BCUT2D eigenvalue weighted by Crippen LogP contribution is 2.00. The van der Waals surface area contributed by atoms with Crippen LogP contribution in [0, 0.1) is 0 Å². The summed E-state index contributed by atoms with van der Waals surface area (Å²) >= 11 is 0. The Kier molecular flexibility index (Phi) is 10.9. The number of aromatic nitrogens is 2. The molecule has 102 valence electrons. The van der Waals surface area contributed by atoms with E-state index in [-0.39, 0.29) is 0 Å². The second-order valence-electron chi connectivity index (χ2n) is 3.29. The van der Waals surface area contributed by atoms with Gasteiger partial charge >= 0.3 is 0 Å². The molecule has 0 N–H and O–H groups in total. The zero-order valence-corrected chi connectivity index (χ0v) is 11.8. The van der Waals surface area contributed by atoms with Crippen LogP contribution in [0.15, 0.2) is 54.0 Å². The highest BCUT2D eigenvalue weighted by atomic mass is 16.1. The van der Waals surface area contributed by atoms with Crippen molar-refractivity contribution in [1.29, 1.82) is 0 Å². The van der Waals surface area contributed by atoms with Crippen LogP contribution in [0.1, 0.15) is 26.3 Å². The molecule has 1 aromatic carbocycles. The van der Waals surface area contributed by atoms with Crippen molar-refractivity contribution < 1.29 is 4.79 Å². The number of benzene rings is 1. The summed E-state index contributed by atoms with van der Waals surface area (Å²) in [5.41, 5.74) is 1.30. The summed E-state index contributed by atoms with van der Waals surface area (Å²) in [7, 11) is 0. The van der Waals surface area contributed by atoms with Gasteiger partial charge in [0.15, 0.2) is 0 Å². The van der Waals surface area contributed by atoms with Crippen molar-refractivity contribution in [2.45, 2.75) is 27.3 Å². The van der Waals surface area contributed by atoms with E-state index in [1.807, 2.05) is 44.6 Å². The highest BCUT2D eigenvalue weighted by Gasteiger charge is 1.91. The zero-order valence-electron chi connectivity index (χ0n) is 11.8. The molecule has 2 aromatic rings. The molecule has 0 saturated carbocycles. The summed E-state index contributed by atoms with van der Waals surface area (Å²) in [6, 6.07) is 10.3. The Morgan fingerprint density at radius 1 is 1.26 bits per heavy atom. The number of carbonyl (C=O) groups excluding carboxylic acids is 1. The molecule has 1 aromatic heterocycles. The molecule has 0 aliphatic carbocycles. The van der Waals surface area contributed by atoms with E-state index < -0.39 is 0 Å². The summed E-state index contributed by atoms with van der Waals surface area (Å²) in [5, 5.41) is 0. The predicted molar refractivity (Wildman–Crippen MR) is 77.8 cm³/mol. The quantitative estimate of drug-likeness (QED) is 0.627. The maximum absolute atomic E-state index is 9.11. The highest BCUT2D eigenvalue weighted by molar-refractivity contribution is 5.32. The number of hydrogen-bond acceptors (Lipinski definition) is 3. The number of rotatable bonds is 3. The molecular formula is C15H21N3O. The van der Waals surface area contributed by atoms with Gasteiger partial charge < -0.3 is 4.57 Å². The number of imidazole rings is 1. The summed E-state index contributed by atoms with van der Waals surface area (Å²) in [5.74, 6) is 0. The SMILES string of the molecule is CC.CCN=C=O.c1ccc(Cn2ccnc2)cc1. The van der Waals surface area contributed by atoms with Crippen LogP contribution >= 0.6 is 0 Å². The Balaban J connectivity index is 0.000000396. The maximum atomic E-state index is 9.11. The second kappa shape index (κ2) is 12.3. The molecule has 0 saturated heterocycles. The summed E-state index contributed by atoms with van der Waals surface area (Å²) in [6.07, 6.45) is 6.98. The van der Waals surface area contributed by atoms with Gasteiger partial charge in [-0.15, -0.1) is 0 Å². The van der Waals surface area contributed by atoms with Crippen molar-refractivity contribution in [1.82, 2.24) is 9.55 Å². The van der Waals surface area contributed by atoms with Crippen LogP contribution in [0.3, 0.4) is 0 Å². The van der Waals surface area contributed by atoms with Crippen LogP contribution in [0.25, 0.3) is 0 Å². The lowest BCUT2D eigenvalue weighted by Gasteiger charge is -2.00. The summed E-state index contributed by atoms with van der Waals surface area (Å²) in [4.78, 5) is 16.3. The molecule has 0 aliphatic rings. The normalized spacial score (nSPS) is 8.16. The van der Waals surface area contributed by atoms with Gasteiger partial charge in [0.25, 0.3) is 0 Å². The minimum atomic E-state index is 0.545. The Bertz CT molecular complexity index is 446. The minimum absolute atomic E-state index is 0.545. The second-order valence-corrected chi connectivity index (χ2v) is 3.29. The van der Waals surface area contributed by atoms with E-state index in [1.165, 1.54) is 11.6 Å². The van der Waals surface area contributed by atoms with Gasteiger partial charge in [-0.25, -0.2) is 14.8 Å². The van der Waals surface area contributed by atoms with Crippen LogP contribution in [-0.2, 0) is 11.3 Å². The third kappa shape index (κ3) is 8.52.